The smallest absolute Gasteiger partial charge is 0.329 e. The molecule has 0 aromatic heterocycles. The first-order valence-electron chi connectivity index (χ1n) is 22.4. The van der Waals surface area contributed by atoms with Crippen LogP contribution in [0.3, 0.4) is 0 Å². The zero-order valence-electron chi connectivity index (χ0n) is 35.2. The van der Waals surface area contributed by atoms with Gasteiger partial charge in [0.2, 0.25) is 0 Å². The molecule has 0 N–H and O–H groups in total. The van der Waals surface area contributed by atoms with Gasteiger partial charge in [0, 0.05) is 39.0 Å². The maximum atomic E-state index is 7.65. The van der Waals surface area contributed by atoms with Crippen LogP contribution in [-0.4, -0.2) is 23.5 Å². The largest absolute Gasteiger partial charge is 0.478 e. The average molecular weight is 757 g/mol. The number of unbranched alkanes of at least 4 members (excludes halogenated alkanes) is 1. The molecule has 5 aromatic carbocycles. The predicted molar refractivity (Wildman–Crippen MR) is 243 cm³/mol. The third kappa shape index (κ3) is 3.50. The number of hydrogen-bond acceptors (Lipinski definition) is 3. The Hall–Kier alpha value is -4.96. The Balaban J connectivity index is 1.25. The summed E-state index contributed by atoms with van der Waals surface area (Å²) in [5.41, 5.74) is 18.7. The maximum Gasteiger partial charge on any atom is 0.329 e. The van der Waals surface area contributed by atoms with Crippen molar-refractivity contribution in [2.24, 2.45) is 5.92 Å². The fraction of sp³-hybridized carbons (Fsp3) is 0.370. The van der Waals surface area contributed by atoms with Crippen molar-refractivity contribution in [2.75, 3.05) is 9.71 Å². The topological polar surface area (TPSA) is 15.7 Å². The minimum absolute atomic E-state index is 0.0276. The van der Waals surface area contributed by atoms with Gasteiger partial charge in [0.05, 0.1) is 11.1 Å². The highest BCUT2D eigenvalue weighted by atomic mass is 16.5. The molecule has 6 atom stereocenters. The van der Waals surface area contributed by atoms with Crippen molar-refractivity contribution < 1.29 is 4.74 Å². The van der Waals surface area contributed by atoms with E-state index in [0.29, 0.717) is 0 Å². The Kier molecular flexibility index (Phi) is 6.21. The Bertz CT molecular complexity index is 2850. The minimum atomic E-state index is -0.628. The highest BCUT2D eigenvalue weighted by molar-refractivity contribution is 6.93. The molecule has 0 radical (unpaired) electrons. The van der Waals surface area contributed by atoms with Gasteiger partial charge in [-0.2, -0.15) is 0 Å². The number of allylic oxidation sites excluding steroid dienone is 2. The van der Waals surface area contributed by atoms with Crippen LogP contribution < -0.4 is 25.4 Å². The quantitative estimate of drug-likeness (QED) is 0.135. The van der Waals surface area contributed by atoms with Crippen molar-refractivity contribution in [3.05, 3.63) is 142 Å². The average Bonchev–Trinajstić information content (AvgIpc) is 3.64. The molecule has 1 saturated carbocycles. The number of nitrogens with zero attached hydrogens (tertiary/aromatic N) is 2. The van der Waals surface area contributed by atoms with Crippen molar-refractivity contribution in [3.63, 3.8) is 0 Å². The van der Waals surface area contributed by atoms with Gasteiger partial charge in [0.15, 0.2) is 5.60 Å². The number of benzene rings is 5. The van der Waals surface area contributed by atoms with Gasteiger partial charge in [-0.1, -0.05) is 125 Å². The molecule has 288 valence electrons. The zero-order valence-corrected chi connectivity index (χ0v) is 35.2. The molecule has 3 nitrogen and oxygen atoms in total. The SMILES string of the molecule is CCCCc1ccc2c(c1)OC1(C)C2=C2c3c4c(cc5ccccc35)N3c5c(cccc5C5(C)CCCCC35C)B4N3c4ccccc4C4(C)C=CC(C)C1=C4C23C. The lowest BCUT2D eigenvalue weighted by atomic mass is 9.36. The van der Waals surface area contributed by atoms with E-state index in [9.17, 15) is 0 Å². The standard InChI is InChI=1S/C54H53BN2O/c1-8-9-17-33-24-25-36-42(30-33)58-54(7)44-32(2)26-29-50(3)37-20-12-13-23-40(37)57-53(6,49(44)50)46(45(36)54)43-35-19-11-10-18-34(35)31-41-47(43)55(57)39-22-16-21-38-48(39)56(41)52(5)28-15-14-27-51(38,52)4/h10-13,16,18-26,29-32H,8-9,14-15,17,27-28H2,1-7H3. The summed E-state index contributed by atoms with van der Waals surface area (Å²) in [6.45, 7) is 17.5. The number of ether oxygens (including phenoxy) is 1. The van der Waals surface area contributed by atoms with Gasteiger partial charge in [-0.05, 0) is 138 Å². The Morgan fingerprint density at radius 1 is 0.810 bits per heavy atom. The van der Waals surface area contributed by atoms with Crippen LogP contribution in [0.4, 0.5) is 17.1 Å². The first kappa shape index (κ1) is 34.0. The van der Waals surface area contributed by atoms with Gasteiger partial charge in [0.25, 0.3) is 0 Å². The van der Waals surface area contributed by atoms with Gasteiger partial charge < -0.3 is 14.4 Å². The van der Waals surface area contributed by atoms with Crippen LogP contribution in [0, 0.1) is 5.92 Å². The van der Waals surface area contributed by atoms with E-state index in [1.165, 1.54) is 122 Å². The number of hydrogen-bond donors (Lipinski definition) is 0. The molecule has 4 heteroatoms. The van der Waals surface area contributed by atoms with Crippen molar-refractivity contribution in [1.82, 2.24) is 0 Å². The van der Waals surface area contributed by atoms with E-state index < -0.39 is 11.1 Å². The number of aryl methyl sites for hydroxylation is 1. The van der Waals surface area contributed by atoms with Crippen LogP contribution in [0.1, 0.15) is 115 Å². The molecule has 0 spiro atoms. The molecule has 6 unspecified atom stereocenters. The van der Waals surface area contributed by atoms with Crippen LogP contribution in [0.2, 0.25) is 0 Å². The molecule has 1 fully saturated rings. The number of fused-ring (bicyclic) bond motifs is 16. The molecule has 8 aliphatic rings. The second-order valence-electron chi connectivity index (χ2n) is 20.1. The van der Waals surface area contributed by atoms with Gasteiger partial charge in [-0.15, -0.1) is 0 Å². The van der Waals surface area contributed by atoms with Crippen LogP contribution >= 0.6 is 0 Å². The maximum absolute atomic E-state index is 7.65. The summed E-state index contributed by atoms with van der Waals surface area (Å²) in [5.74, 6) is 1.27. The molecule has 5 heterocycles. The van der Waals surface area contributed by atoms with E-state index in [1.807, 2.05) is 0 Å². The first-order chi connectivity index (χ1) is 28.0. The monoisotopic (exact) mass is 756 g/mol. The number of para-hydroxylation sites is 2. The molecule has 0 bridgehead atoms. The van der Waals surface area contributed by atoms with Crippen molar-refractivity contribution in [1.29, 1.82) is 0 Å². The Labute approximate surface area is 344 Å². The molecule has 0 saturated heterocycles. The van der Waals surface area contributed by atoms with E-state index >= 15 is 0 Å². The highest BCUT2D eigenvalue weighted by Gasteiger charge is 2.69. The van der Waals surface area contributed by atoms with Crippen LogP contribution in [0.25, 0.3) is 21.9 Å². The normalized spacial score (nSPS) is 32.3. The number of rotatable bonds is 3. The van der Waals surface area contributed by atoms with Gasteiger partial charge in [0.1, 0.15) is 5.75 Å². The second kappa shape index (κ2) is 10.6. The molecule has 5 aliphatic heterocycles. The fourth-order valence-corrected chi connectivity index (χ4v) is 14.8. The molecule has 5 aromatic rings. The fourth-order valence-electron chi connectivity index (χ4n) is 14.8. The summed E-state index contributed by atoms with van der Waals surface area (Å²) < 4.78 is 7.65. The minimum Gasteiger partial charge on any atom is -0.478 e. The van der Waals surface area contributed by atoms with E-state index in [-0.39, 0.29) is 29.1 Å². The lowest BCUT2D eigenvalue weighted by Crippen LogP contribution is -2.76. The van der Waals surface area contributed by atoms with Gasteiger partial charge in [-0.3, -0.25) is 0 Å². The van der Waals surface area contributed by atoms with Crippen LogP contribution in [-0.2, 0) is 17.3 Å². The zero-order chi connectivity index (χ0) is 39.3. The molecular weight excluding hydrogens is 703 g/mol. The second-order valence-corrected chi connectivity index (χ2v) is 20.1. The Morgan fingerprint density at radius 3 is 2.47 bits per heavy atom. The summed E-state index contributed by atoms with van der Waals surface area (Å²) in [4.78, 5) is 5.84. The summed E-state index contributed by atoms with van der Waals surface area (Å²) in [6.07, 6.45) is 13.5. The van der Waals surface area contributed by atoms with Crippen molar-refractivity contribution >= 4 is 56.8 Å². The van der Waals surface area contributed by atoms with Crippen LogP contribution in [0.5, 0.6) is 5.75 Å². The predicted octanol–water partition coefficient (Wildman–Crippen LogP) is 11.5. The summed E-state index contributed by atoms with van der Waals surface area (Å²) in [6, 6.07) is 36.1. The highest BCUT2D eigenvalue weighted by Crippen LogP contribution is 2.70. The summed E-state index contributed by atoms with van der Waals surface area (Å²) in [7, 11) is 0. The number of anilines is 3. The van der Waals surface area contributed by atoms with Gasteiger partial charge >= 0.3 is 6.85 Å². The lowest BCUT2D eigenvalue weighted by molar-refractivity contribution is 0.187. The van der Waals surface area contributed by atoms with E-state index in [2.05, 4.69) is 161 Å². The summed E-state index contributed by atoms with van der Waals surface area (Å²) in [5, 5.41) is 2.70. The third-order valence-corrected chi connectivity index (χ3v) is 17.4. The van der Waals surface area contributed by atoms with Crippen molar-refractivity contribution in [3.8, 4) is 5.75 Å². The van der Waals surface area contributed by atoms with E-state index in [4.69, 9.17) is 4.74 Å². The molecule has 13 rings (SSSR count). The van der Waals surface area contributed by atoms with Crippen LogP contribution in [0.15, 0.2) is 114 Å². The molecule has 0 amide bonds. The Morgan fingerprint density at radius 2 is 1.60 bits per heavy atom. The third-order valence-electron chi connectivity index (χ3n) is 17.4. The van der Waals surface area contributed by atoms with E-state index in [1.54, 1.807) is 5.56 Å². The molecular formula is C54H53BN2O. The van der Waals surface area contributed by atoms with Gasteiger partial charge in [-0.25, -0.2) is 0 Å². The summed E-state index contributed by atoms with van der Waals surface area (Å²) >= 11 is 0. The van der Waals surface area contributed by atoms with Crippen molar-refractivity contribution in [2.45, 2.75) is 121 Å². The molecule has 3 aliphatic carbocycles. The lowest BCUT2D eigenvalue weighted by Gasteiger charge is -2.66. The van der Waals surface area contributed by atoms with E-state index in [0.717, 1.165) is 12.2 Å². The first-order valence-corrected chi connectivity index (χ1v) is 22.4. The molecule has 58 heavy (non-hydrogen) atoms.